The Balaban J connectivity index is 1.71. The van der Waals surface area contributed by atoms with E-state index in [0.29, 0.717) is 6.54 Å². The molecule has 1 saturated heterocycles. The number of nitrogens with one attached hydrogen (secondary N) is 1. The van der Waals surface area contributed by atoms with Crippen LogP contribution in [-0.2, 0) is 4.74 Å². The molecule has 1 aromatic carbocycles. The molecule has 3 N–H and O–H groups in total. The largest absolute Gasteiger partial charge is 0.382 e. The highest BCUT2D eigenvalue weighted by atomic mass is 16.5. The van der Waals surface area contributed by atoms with E-state index in [1.807, 2.05) is 30.3 Å². The van der Waals surface area contributed by atoms with E-state index in [-0.39, 0.29) is 23.5 Å². The first-order chi connectivity index (χ1) is 10.3. The molecule has 3 rings (SSSR count). The van der Waals surface area contributed by atoms with Gasteiger partial charge in [0.25, 0.3) is 5.91 Å². The van der Waals surface area contributed by atoms with Crippen LogP contribution in [0.25, 0.3) is 5.69 Å². The standard InChI is InChI=1S/C14H17N5O2/c15-13-12(14(20)16-9-11-7-4-8-21-11)17-18-19(13)10-5-2-1-3-6-10/h1-3,5-6,11H,4,7-9,15H2,(H,16,20). The molecule has 110 valence electrons. The molecule has 0 bridgehead atoms. The summed E-state index contributed by atoms with van der Waals surface area (Å²) in [6.07, 6.45) is 2.08. The molecular formula is C14H17N5O2. The fourth-order valence-electron chi connectivity index (χ4n) is 2.31. The summed E-state index contributed by atoms with van der Waals surface area (Å²) in [6.45, 7) is 1.23. The SMILES string of the molecule is Nc1c(C(=O)NCC2CCCO2)nnn1-c1ccccc1. The summed E-state index contributed by atoms with van der Waals surface area (Å²) in [7, 11) is 0. The van der Waals surface area contributed by atoms with Crippen LogP contribution in [-0.4, -0.2) is 40.2 Å². The molecule has 0 radical (unpaired) electrons. The number of benzene rings is 1. The average Bonchev–Trinajstić information content (AvgIpc) is 3.15. The maximum absolute atomic E-state index is 12.1. The Bertz CT molecular complexity index is 620. The Morgan fingerprint density at radius 3 is 2.95 bits per heavy atom. The first kappa shape index (κ1) is 13.6. The lowest BCUT2D eigenvalue weighted by molar-refractivity contribution is 0.0854. The summed E-state index contributed by atoms with van der Waals surface area (Å²) >= 11 is 0. The van der Waals surface area contributed by atoms with Gasteiger partial charge in [-0.15, -0.1) is 5.10 Å². The Kier molecular flexibility index (Phi) is 3.83. The zero-order chi connectivity index (χ0) is 14.7. The van der Waals surface area contributed by atoms with E-state index in [4.69, 9.17) is 10.5 Å². The molecule has 0 spiro atoms. The third-order valence-corrected chi connectivity index (χ3v) is 3.44. The van der Waals surface area contributed by atoms with Crippen LogP contribution in [0.1, 0.15) is 23.3 Å². The van der Waals surface area contributed by atoms with Gasteiger partial charge in [0.2, 0.25) is 0 Å². The van der Waals surface area contributed by atoms with Crippen molar-refractivity contribution in [3.8, 4) is 5.69 Å². The summed E-state index contributed by atoms with van der Waals surface area (Å²) in [4.78, 5) is 12.1. The summed E-state index contributed by atoms with van der Waals surface area (Å²) in [5.74, 6) is -0.101. The van der Waals surface area contributed by atoms with Gasteiger partial charge in [0.1, 0.15) is 0 Å². The molecule has 7 heteroatoms. The second kappa shape index (κ2) is 5.92. The lowest BCUT2D eigenvalue weighted by atomic mass is 10.2. The van der Waals surface area contributed by atoms with E-state index in [1.165, 1.54) is 4.68 Å². The lowest BCUT2D eigenvalue weighted by Crippen LogP contribution is -2.32. The van der Waals surface area contributed by atoms with Crippen LogP contribution in [0.2, 0.25) is 0 Å². The molecule has 1 fully saturated rings. The number of carbonyl (C=O) groups excluding carboxylic acids is 1. The van der Waals surface area contributed by atoms with Crippen molar-refractivity contribution < 1.29 is 9.53 Å². The van der Waals surface area contributed by atoms with Gasteiger partial charge in [-0.3, -0.25) is 4.79 Å². The zero-order valence-electron chi connectivity index (χ0n) is 11.5. The lowest BCUT2D eigenvalue weighted by Gasteiger charge is -2.09. The van der Waals surface area contributed by atoms with Crippen molar-refractivity contribution in [1.29, 1.82) is 0 Å². The Hall–Kier alpha value is -2.41. The molecule has 1 aromatic heterocycles. The van der Waals surface area contributed by atoms with Crippen molar-refractivity contribution >= 4 is 11.7 Å². The molecular weight excluding hydrogens is 270 g/mol. The minimum atomic E-state index is -0.329. The van der Waals surface area contributed by atoms with Gasteiger partial charge in [0.15, 0.2) is 11.5 Å². The smallest absolute Gasteiger partial charge is 0.275 e. The molecule has 0 saturated carbocycles. The molecule has 7 nitrogen and oxygen atoms in total. The number of hydrogen-bond donors (Lipinski definition) is 2. The minimum absolute atomic E-state index is 0.0827. The highest BCUT2D eigenvalue weighted by molar-refractivity contribution is 5.96. The summed E-state index contributed by atoms with van der Waals surface area (Å²) in [5.41, 5.74) is 6.87. The number of aromatic nitrogens is 3. The number of para-hydroxylation sites is 1. The van der Waals surface area contributed by atoms with Gasteiger partial charge >= 0.3 is 0 Å². The highest BCUT2D eigenvalue weighted by Gasteiger charge is 2.21. The van der Waals surface area contributed by atoms with Crippen molar-refractivity contribution in [2.45, 2.75) is 18.9 Å². The minimum Gasteiger partial charge on any atom is -0.382 e. The van der Waals surface area contributed by atoms with E-state index < -0.39 is 0 Å². The Morgan fingerprint density at radius 2 is 2.24 bits per heavy atom. The predicted octanol–water partition coefficient (Wildman–Crippen LogP) is 0.758. The third-order valence-electron chi connectivity index (χ3n) is 3.44. The summed E-state index contributed by atoms with van der Waals surface area (Å²) < 4.78 is 6.90. The maximum Gasteiger partial charge on any atom is 0.275 e. The van der Waals surface area contributed by atoms with Crippen LogP contribution in [0.3, 0.4) is 0 Å². The van der Waals surface area contributed by atoms with Gasteiger partial charge < -0.3 is 15.8 Å². The Labute approximate surface area is 122 Å². The van der Waals surface area contributed by atoms with Crippen LogP contribution in [0.15, 0.2) is 30.3 Å². The highest BCUT2D eigenvalue weighted by Crippen LogP contribution is 2.15. The second-order valence-corrected chi connectivity index (χ2v) is 4.92. The number of carbonyl (C=O) groups is 1. The normalized spacial score (nSPS) is 17.8. The number of nitrogen functional groups attached to an aromatic ring is 1. The third kappa shape index (κ3) is 2.87. The number of hydrogen-bond acceptors (Lipinski definition) is 5. The van der Waals surface area contributed by atoms with Crippen molar-refractivity contribution in [3.63, 3.8) is 0 Å². The average molecular weight is 287 g/mol. The van der Waals surface area contributed by atoms with Gasteiger partial charge in [-0.2, -0.15) is 4.68 Å². The number of rotatable bonds is 4. The van der Waals surface area contributed by atoms with Gasteiger partial charge in [0.05, 0.1) is 11.8 Å². The van der Waals surface area contributed by atoms with Gasteiger partial charge in [0, 0.05) is 13.2 Å². The molecule has 0 aliphatic carbocycles. The van der Waals surface area contributed by atoms with Crippen LogP contribution in [0.5, 0.6) is 0 Å². The van der Waals surface area contributed by atoms with Crippen molar-refractivity contribution in [1.82, 2.24) is 20.3 Å². The molecule has 1 amide bonds. The molecule has 2 aromatic rings. The van der Waals surface area contributed by atoms with E-state index in [9.17, 15) is 4.79 Å². The number of amides is 1. The fraction of sp³-hybridized carbons (Fsp3) is 0.357. The van der Waals surface area contributed by atoms with E-state index in [1.54, 1.807) is 0 Å². The summed E-state index contributed by atoms with van der Waals surface area (Å²) in [5, 5.41) is 10.6. The molecule has 1 aliphatic rings. The van der Waals surface area contributed by atoms with Crippen LogP contribution < -0.4 is 11.1 Å². The van der Waals surface area contributed by atoms with E-state index in [0.717, 1.165) is 25.1 Å². The Morgan fingerprint density at radius 1 is 1.43 bits per heavy atom. The molecule has 1 unspecified atom stereocenters. The summed E-state index contributed by atoms with van der Waals surface area (Å²) in [6, 6.07) is 9.32. The first-order valence-electron chi connectivity index (χ1n) is 6.92. The van der Waals surface area contributed by atoms with Crippen molar-refractivity contribution in [3.05, 3.63) is 36.0 Å². The fourth-order valence-corrected chi connectivity index (χ4v) is 2.31. The van der Waals surface area contributed by atoms with Gasteiger partial charge in [-0.05, 0) is 25.0 Å². The number of ether oxygens (including phenoxy) is 1. The topological polar surface area (TPSA) is 95.1 Å². The predicted molar refractivity (Wildman–Crippen MR) is 77.1 cm³/mol. The van der Waals surface area contributed by atoms with Crippen molar-refractivity contribution in [2.75, 3.05) is 18.9 Å². The number of nitrogens with zero attached hydrogens (tertiary/aromatic N) is 3. The van der Waals surface area contributed by atoms with E-state index >= 15 is 0 Å². The molecule has 21 heavy (non-hydrogen) atoms. The van der Waals surface area contributed by atoms with Crippen LogP contribution in [0, 0.1) is 0 Å². The molecule has 1 aliphatic heterocycles. The molecule has 1 atom stereocenters. The zero-order valence-corrected chi connectivity index (χ0v) is 11.5. The van der Waals surface area contributed by atoms with Crippen LogP contribution in [0.4, 0.5) is 5.82 Å². The van der Waals surface area contributed by atoms with Gasteiger partial charge in [-0.1, -0.05) is 23.4 Å². The van der Waals surface area contributed by atoms with Gasteiger partial charge in [-0.25, -0.2) is 0 Å². The maximum atomic E-state index is 12.1. The number of nitrogens with two attached hydrogens (primary N) is 1. The monoisotopic (exact) mass is 287 g/mol. The molecule has 2 heterocycles. The van der Waals surface area contributed by atoms with Crippen LogP contribution >= 0.6 is 0 Å². The van der Waals surface area contributed by atoms with Crippen molar-refractivity contribution in [2.24, 2.45) is 0 Å². The number of anilines is 1. The second-order valence-electron chi connectivity index (χ2n) is 4.92. The first-order valence-corrected chi connectivity index (χ1v) is 6.92. The quantitative estimate of drug-likeness (QED) is 0.865. The van der Waals surface area contributed by atoms with E-state index in [2.05, 4.69) is 15.6 Å².